The van der Waals surface area contributed by atoms with Gasteiger partial charge in [0.15, 0.2) is 0 Å². The predicted octanol–water partition coefficient (Wildman–Crippen LogP) is 0.698. The van der Waals surface area contributed by atoms with E-state index in [4.69, 9.17) is 0 Å². The summed E-state index contributed by atoms with van der Waals surface area (Å²) in [4.78, 5) is 0. The molecule has 3 heteroatoms. The SMILES string of the molecule is CCNCNC(C)c1ccccc1[Si]. The van der Waals surface area contributed by atoms with Gasteiger partial charge in [-0.3, -0.25) is 5.32 Å². The van der Waals surface area contributed by atoms with E-state index in [9.17, 15) is 0 Å². The largest absolute Gasteiger partial charge is 0.305 e. The van der Waals surface area contributed by atoms with Gasteiger partial charge in [-0.2, -0.15) is 0 Å². The fourth-order valence-electron chi connectivity index (χ4n) is 1.33. The monoisotopic (exact) mass is 205 g/mol. The van der Waals surface area contributed by atoms with Gasteiger partial charge < -0.3 is 5.32 Å². The van der Waals surface area contributed by atoms with Crippen molar-refractivity contribution in [3.8, 4) is 0 Å². The van der Waals surface area contributed by atoms with Crippen LogP contribution in [0.15, 0.2) is 24.3 Å². The molecule has 0 aliphatic carbocycles. The second kappa shape index (κ2) is 5.96. The number of hydrogen-bond acceptors (Lipinski definition) is 2. The molecule has 0 saturated heterocycles. The van der Waals surface area contributed by atoms with Crippen LogP contribution in [0.1, 0.15) is 25.5 Å². The smallest absolute Gasteiger partial charge is 0.0716 e. The van der Waals surface area contributed by atoms with Gasteiger partial charge in [0, 0.05) is 12.7 Å². The van der Waals surface area contributed by atoms with Crippen LogP contribution in [0.25, 0.3) is 0 Å². The molecule has 0 aromatic heterocycles. The molecule has 1 rings (SSSR count). The molecule has 0 bridgehead atoms. The van der Waals surface area contributed by atoms with Crippen LogP contribution in [-0.2, 0) is 0 Å². The molecule has 14 heavy (non-hydrogen) atoms. The van der Waals surface area contributed by atoms with Gasteiger partial charge in [0.05, 0.1) is 10.2 Å². The highest BCUT2D eigenvalue weighted by atomic mass is 28.1. The predicted molar refractivity (Wildman–Crippen MR) is 61.9 cm³/mol. The van der Waals surface area contributed by atoms with E-state index in [1.807, 2.05) is 6.07 Å². The first kappa shape index (κ1) is 11.4. The van der Waals surface area contributed by atoms with Crippen molar-refractivity contribution in [2.45, 2.75) is 19.9 Å². The maximum atomic E-state index is 3.60. The van der Waals surface area contributed by atoms with Gasteiger partial charge >= 0.3 is 0 Å². The van der Waals surface area contributed by atoms with Gasteiger partial charge in [0.25, 0.3) is 0 Å². The van der Waals surface area contributed by atoms with E-state index in [-0.39, 0.29) is 0 Å². The third kappa shape index (κ3) is 3.25. The van der Waals surface area contributed by atoms with Crippen LogP contribution in [0.2, 0.25) is 0 Å². The van der Waals surface area contributed by atoms with Gasteiger partial charge in [-0.05, 0) is 19.0 Å². The minimum absolute atomic E-state index is 0.364. The summed E-state index contributed by atoms with van der Waals surface area (Å²) in [5.41, 5.74) is 1.29. The van der Waals surface area contributed by atoms with Gasteiger partial charge in [-0.1, -0.05) is 36.4 Å². The first-order valence-electron chi connectivity index (χ1n) is 5.00. The highest BCUT2D eigenvalue weighted by molar-refractivity contribution is 6.33. The van der Waals surface area contributed by atoms with E-state index >= 15 is 0 Å². The van der Waals surface area contributed by atoms with Crippen molar-refractivity contribution < 1.29 is 0 Å². The lowest BCUT2D eigenvalue weighted by molar-refractivity contribution is 0.528. The van der Waals surface area contributed by atoms with Crippen molar-refractivity contribution >= 4 is 15.4 Å². The highest BCUT2D eigenvalue weighted by Gasteiger charge is 2.05. The Labute approximate surface area is 89.5 Å². The maximum absolute atomic E-state index is 3.60. The summed E-state index contributed by atoms with van der Waals surface area (Å²) in [6.45, 7) is 6.11. The molecule has 0 aliphatic rings. The summed E-state index contributed by atoms with van der Waals surface area (Å²) in [6, 6.07) is 8.65. The van der Waals surface area contributed by atoms with Crippen molar-refractivity contribution in [3.63, 3.8) is 0 Å². The first-order chi connectivity index (χ1) is 6.75. The van der Waals surface area contributed by atoms with Gasteiger partial charge in [0.1, 0.15) is 0 Å². The molecule has 0 amide bonds. The molecule has 75 valence electrons. The van der Waals surface area contributed by atoms with Crippen LogP contribution >= 0.6 is 0 Å². The molecule has 1 aromatic rings. The summed E-state index contributed by atoms with van der Waals surface area (Å²) >= 11 is 0. The Hall–Kier alpha value is -0.643. The number of benzene rings is 1. The number of rotatable bonds is 5. The Balaban J connectivity index is 2.51. The fraction of sp³-hybridized carbons (Fsp3) is 0.455. The summed E-state index contributed by atoms with van der Waals surface area (Å²) in [7, 11) is 3.60. The molecule has 1 unspecified atom stereocenters. The van der Waals surface area contributed by atoms with Crippen molar-refractivity contribution in [3.05, 3.63) is 29.8 Å². The number of nitrogens with one attached hydrogen (secondary N) is 2. The normalized spacial score (nSPS) is 12.8. The molecule has 2 nitrogen and oxygen atoms in total. The third-order valence-electron chi connectivity index (χ3n) is 2.21. The Kier molecular flexibility index (Phi) is 4.86. The second-order valence-electron chi connectivity index (χ2n) is 3.29. The molecule has 1 atom stereocenters. The summed E-state index contributed by atoms with van der Waals surface area (Å²) in [5, 5.41) is 7.80. The van der Waals surface area contributed by atoms with Crippen LogP contribution in [-0.4, -0.2) is 23.5 Å². The molecule has 0 heterocycles. The lowest BCUT2D eigenvalue weighted by atomic mass is 10.1. The van der Waals surface area contributed by atoms with E-state index in [0.29, 0.717) is 6.04 Å². The van der Waals surface area contributed by atoms with E-state index in [2.05, 4.69) is 52.9 Å². The first-order valence-corrected chi connectivity index (χ1v) is 5.50. The van der Waals surface area contributed by atoms with Crippen LogP contribution in [0.5, 0.6) is 0 Å². The highest BCUT2D eigenvalue weighted by Crippen LogP contribution is 2.07. The zero-order chi connectivity index (χ0) is 10.4. The van der Waals surface area contributed by atoms with Crippen molar-refractivity contribution in [2.75, 3.05) is 13.2 Å². The molecular weight excluding hydrogens is 188 g/mol. The Bertz CT molecular complexity index is 276. The average molecular weight is 205 g/mol. The lowest BCUT2D eigenvalue weighted by Gasteiger charge is -2.16. The Morgan fingerprint density at radius 2 is 2.07 bits per heavy atom. The topological polar surface area (TPSA) is 24.1 Å². The fourth-order valence-corrected chi connectivity index (χ4v) is 1.73. The van der Waals surface area contributed by atoms with Crippen molar-refractivity contribution in [1.82, 2.24) is 10.6 Å². The van der Waals surface area contributed by atoms with Crippen LogP contribution in [0, 0.1) is 0 Å². The van der Waals surface area contributed by atoms with Crippen LogP contribution in [0.4, 0.5) is 0 Å². The van der Waals surface area contributed by atoms with Gasteiger partial charge in [0.2, 0.25) is 0 Å². The van der Waals surface area contributed by atoms with Gasteiger partial charge in [-0.15, -0.1) is 0 Å². The molecule has 0 spiro atoms. The zero-order valence-corrected chi connectivity index (χ0v) is 9.80. The average Bonchev–Trinajstić information content (AvgIpc) is 2.18. The zero-order valence-electron chi connectivity index (χ0n) is 8.80. The molecule has 0 aliphatic heterocycles. The molecule has 2 N–H and O–H groups in total. The van der Waals surface area contributed by atoms with E-state index < -0.39 is 0 Å². The summed E-state index contributed by atoms with van der Waals surface area (Å²) in [5.74, 6) is 0. The Morgan fingerprint density at radius 1 is 1.36 bits per heavy atom. The van der Waals surface area contributed by atoms with Gasteiger partial charge in [-0.25, -0.2) is 0 Å². The standard InChI is InChI=1S/C11H17N2Si/c1-3-12-8-13-9(2)10-6-4-5-7-11(10)14/h4-7,9,12-13H,3,8H2,1-2H3. The summed E-state index contributed by atoms with van der Waals surface area (Å²) < 4.78 is 0. The Morgan fingerprint density at radius 3 is 2.71 bits per heavy atom. The molecule has 1 aromatic carbocycles. The minimum atomic E-state index is 0.364. The number of hydrogen-bond donors (Lipinski definition) is 2. The van der Waals surface area contributed by atoms with Crippen molar-refractivity contribution in [2.24, 2.45) is 0 Å². The van der Waals surface area contributed by atoms with E-state index in [0.717, 1.165) is 18.4 Å². The molecule has 0 fully saturated rings. The van der Waals surface area contributed by atoms with Crippen LogP contribution in [0.3, 0.4) is 0 Å². The van der Waals surface area contributed by atoms with Crippen molar-refractivity contribution in [1.29, 1.82) is 0 Å². The lowest BCUT2D eigenvalue weighted by Crippen LogP contribution is -2.32. The molecular formula is C11H17N2Si. The molecule has 3 radical (unpaired) electrons. The van der Waals surface area contributed by atoms with E-state index in [1.54, 1.807) is 0 Å². The van der Waals surface area contributed by atoms with Crippen LogP contribution < -0.4 is 15.8 Å². The molecule has 0 saturated carbocycles. The van der Waals surface area contributed by atoms with E-state index in [1.165, 1.54) is 5.56 Å². The summed E-state index contributed by atoms with van der Waals surface area (Å²) in [6.07, 6.45) is 0. The minimum Gasteiger partial charge on any atom is -0.305 e. The third-order valence-corrected chi connectivity index (χ3v) is 2.67. The maximum Gasteiger partial charge on any atom is 0.0716 e. The second-order valence-corrected chi connectivity index (χ2v) is 3.83. The quantitative estimate of drug-likeness (QED) is 0.420.